The van der Waals surface area contributed by atoms with Crippen LogP contribution in [0.25, 0.3) is 0 Å². The predicted octanol–water partition coefficient (Wildman–Crippen LogP) is 1.41. The van der Waals surface area contributed by atoms with Gasteiger partial charge in [0.25, 0.3) is 11.8 Å². The number of carbonyl (C=O) groups excluding carboxylic acids is 2. The zero-order chi connectivity index (χ0) is 12.7. The summed E-state index contributed by atoms with van der Waals surface area (Å²) in [6, 6.07) is 6.85. The second-order valence-corrected chi connectivity index (χ2v) is 5.21. The van der Waals surface area contributed by atoms with Gasteiger partial charge in [0.1, 0.15) is 0 Å². The van der Waals surface area contributed by atoms with Gasteiger partial charge in [-0.3, -0.25) is 14.5 Å². The lowest BCUT2D eigenvalue weighted by atomic mass is 10.1. The second-order valence-electron chi connectivity index (χ2n) is 5.21. The van der Waals surface area contributed by atoms with Crippen molar-refractivity contribution in [1.82, 2.24) is 4.90 Å². The van der Waals surface area contributed by atoms with Crippen molar-refractivity contribution in [1.29, 1.82) is 0 Å². The first-order chi connectivity index (χ1) is 8.66. The molecule has 1 saturated carbocycles. The van der Waals surface area contributed by atoms with Crippen molar-refractivity contribution in [2.45, 2.75) is 25.3 Å². The van der Waals surface area contributed by atoms with Crippen LogP contribution in [0, 0.1) is 5.92 Å². The second kappa shape index (κ2) is 4.21. The molecular weight excluding hydrogens is 228 g/mol. The number of fused-ring (bicyclic) bond motifs is 1. The molecule has 1 atom stereocenters. The molecule has 0 aromatic heterocycles. The summed E-state index contributed by atoms with van der Waals surface area (Å²) < 4.78 is 0. The van der Waals surface area contributed by atoms with Gasteiger partial charge in [0, 0.05) is 12.6 Å². The molecule has 4 heteroatoms. The molecule has 0 unspecified atom stereocenters. The van der Waals surface area contributed by atoms with Crippen molar-refractivity contribution in [3.63, 3.8) is 0 Å². The van der Waals surface area contributed by atoms with Crippen LogP contribution in [0.2, 0.25) is 0 Å². The largest absolute Gasteiger partial charge is 0.326 e. The van der Waals surface area contributed by atoms with E-state index in [1.54, 1.807) is 24.3 Å². The van der Waals surface area contributed by atoms with Gasteiger partial charge in [-0.1, -0.05) is 25.0 Å². The molecule has 0 bridgehead atoms. The number of hydrogen-bond donors (Lipinski definition) is 1. The van der Waals surface area contributed by atoms with Crippen LogP contribution in [0.5, 0.6) is 0 Å². The van der Waals surface area contributed by atoms with Crippen molar-refractivity contribution < 1.29 is 9.59 Å². The molecule has 0 saturated heterocycles. The summed E-state index contributed by atoms with van der Waals surface area (Å²) in [4.78, 5) is 25.5. The normalized spacial score (nSPS) is 20.2. The van der Waals surface area contributed by atoms with Crippen LogP contribution in [-0.2, 0) is 0 Å². The van der Waals surface area contributed by atoms with E-state index in [0.29, 0.717) is 23.6 Å². The smallest absolute Gasteiger partial charge is 0.261 e. The maximum Gasteiger partial charge on any atom is 0.261 e. The number of carbonyl (C=O) groups is 2. The molecule has 1 heterocycles. The monoisotopic (exact) mass is 244 g/mol. The highest BCUT2D eigenvalue weighted by Gasteiger charge is 2.36. The Morgan fingerprint density at radius 3 is 2.22 bits per heavy atom. The number of hydrogen-bond acceptors (Lipinski definition) is 3. The first-order valence-electron chi connectivity index (χ1n) is 6.37. The van der Waals surface area contributed by atoms with Crippen LogP contribution in [0.15, 0.2) is 24.3 Å². The van der Waals surface area contributed by atoms with E-state index in [4.69, 9.17) is 5.73 Å². The lowest BCUT2D eigenvalue weighted by molar-refractivity contribution is 0.0642. The molecule has 0 spiro atoms. The standard InChI is InChI=1S/C14H16N2O2/c15-10(7-9-5-6-9)8-16-13(17)11-3-1-2-4-12(11)14(16)18/h1-4,9-10H,5-8,15H2/t10-/m0/s1. The summed E-state index contributed by atoms with van der Waals surface area (Å²) in [6.45, 7) is 0.336. The minimum atomic E-state index is -0.207. The zero-order valence-electron chi connectivity index (χ0n) is 10.1. The summed E-state index contributed by atoms with van der Waals surface area (Å²) in [5.74, 6) is 0.291. The molecule has 18 heavy (non-hydrogen) atoms. The molecule has 2 N–H and O–H groups in total. The van der Waals surface area contributed by atoms with Gasteiger partial charge in [0.05, 0.1) is 11.1 Å². The molecule has 1 aliphatic carbocycles. The minimum Gasteiger partial charge on any atom is -0.326 e. The molecule has 1 aromatic rings. The lowest BCUT2D eigenvalue weighted by Gasteiger charge is -2.18. The fourth-order valence-corrected chi connectivity index (χ4v) is 2.50. The summed E-state index contributed by atoms with van der Waals surface area (Å²) in [7, 11) is 0. The number of nitrogens with two attached hydrogens (primary N) is 1. The van der Waals surface area contributed by atoms with Crippen molar-refractivity contribution in [3.8, 4) is 0 Å². The zero-order valence-corrected chi connectivity index (χ0v) is 10.1. The van der Waals surface area contributed by atoms with E-state index in [9.17, 15) is 9.59 Å². The molecule has 4 nitrogen and oxygen atoms in total. The van der Waals surface area contributed by atoms with Crippen molar-refractivity contribution in [3.05, 3.63) is 35.4 Å². The first-order valence-corrected chi connectivity index (χ1v) is 6.37. The summed E-state index contributed by atoms with van der Waals surface area (Å²) >= 11 is 0. The van der Waals surface area contributed by atoms with Gasteiger partial charge in [-0.05, 0) is 24.5 Å². The number of nitrogens with zero attached hydrogens (tertiary/aromatic N) is 1. The fourth-order valence-electron chi connectivity index (χ4n) is 2.50. The van der Waals surface area contributed by atoms with Gasteiger partial charge >= 0.3 is 0 Å². The van der Waals surface area contributed by atoms with Gasteiger partial charge in [-0.2, -0.15) is 0 Å². The Bertz CT molecular complexity index is 473. The molecule has 1 aromatic carbocycles. The molecule has 2 amide bonds. The Morgan fingerprint density at radius 1 is 1.17 bits per heavy atom. The summed E-state index contributed by atoms with van der Waals surface area (Å²) in [5, 5.41) is 0. The Kier molecular flexibility index (Phi) is 2.67. The van der Waals surface area contributed by atoms with Crippen molar-refractivity contribution >= 4 is 11.8 Å². The van der Waals surface area contributed by atoms with Crippen LogP contribution in [0.4, 0.5) is 0 Å². The number of imide groups is 1. The van der Waals surface area contributed by atoms with Crippen LogP contribution < -0.4 is 5.73 Å². The molecule has 1 aliphatic heterocycles. The van der Waals surface area contributed by atoms with Crippen molar-refractivity contribution in [2.24, 2.45) is 11.7 Å². The Balaban J connectivity index is 1.74. The molecular formula is C14H16N2O2. The van der Waals surface area contributed by atoms with Crippen LogP contribution in [0.1, 0.15) is 40.0 Å². The van der Waals surface area contributed by atoms with E-state index in [1.165, 1.54) is 17.7 Å². The topological polar surface area (TPSA) is 63.4 Å². The molecule has 2 aliphatic rings. The highest BCUT2D eigenvalue weighted by Crippen LogP contribution is 2.33. The molecule has 1 fully saturated rings. The third-order valence-corrected chi connectivity index (χ3v) is 3.63. The molecule has 3 rings (SSSR count). The van der Waals surface area contributed by atoms with Gasteiger partial charge < -0.3 is 5.73 Å². The number of amides is 2. The van der Waals surface area contributed by atoms with E-state index in [-0.39, 0.29) is 17.9 Å². The van der Waals surface area contributed by atoms with E-state index in [0.717, 1.165) is 6.42 Å². The summed E-state index contributed by atoms with van der Waals surface area (Å²) in [6.07, 6.45) is 3.37. The molecule has 94 valence electrons. The Hall–Kier alpha value is -1.68. The Labute approximate surface area is 106 Å². The van der Waals surface area contributed by atoms with Crippen molar-refractivity contribution in [2.75, 3.05) is 6.54 Å². The fraction of sp³-hybridized carbons (Fsp3) is 0.429. The third kappa shape index (κ3) is 1.93. The molecule has 0 radical (unpaired) electrons. The Morgan fingerprint density at radius 2 is 1.72 bits per heavy atom. The van der Waals surface area contributed by atoms with E-state index in [1.807, 2.05) is 0 Å². The van der Waals surface area contributed by atoms with E-state index in [2.05, 4.69) is 0 Å². The first kappa shape index (κ1) is 11.4. The average Bonchev–Trinajstić information content (AvgIpc) is 3.14. The number of rotatable bonds is 4. The third-order valence-electron chi connectivity index (χ3n) is 3.63. The van der Waals surface area contributed by atoms with Gasteiger partial charge in [-0.25, -0.2) is 0 Å². The quantitative estimate of drug-likeness (QED) is 0.814. The van der Waals surface area contributed by atoms with Gasteiger partial charge in [0.15, 0.2) is 0 Å². The van der Waals surface area contributed by atoms with Gasteiger partial charge in [-0.15, -0.1) is 0 Å². The number of benzene rings is 1. The average molecular weight is 244 g/mol. The van der Waals surface area contributed by atoms with Crippen LogP contribution >= 0.6 is 0 Å². The highest BCUT2D eigenvalue weighted by atomic mass is 16.2. The summed E-state index contributed by atoms with van der Waals surface area (Å²) in [5.41, 5.74) is 7.01. The van der Waals surface area contributed by atoms with Crippen LogP contribution in [0.3, 0.4) is 0 Å². The predicted molar refractivity (Wildman–Crippen MR) is 67.1 cm³/mol. The highest BCUT2D eigenvalue weighted by molar-refractivity contribution is 6.21. The van der Waals surface area contributed by atoms with Crippen LogP contribution in [-0.4, -0.2) is 29.3 Å². The SMILES string of the molecule is N[C@@H](CC1CC1)CN1C(=O)c2ccccc2C1=O. The lowest BCUT2D eigenvalue weighted by Crippen LogP contribution is -2.41. The van der Waals surface area contributed by atoms with E-state index >= 15 is 0 Å². The van der Waals surface area contributed by atoms with E-state index < -0.39 is 0 Å². The minimum absolute atomic E-state index is 0.0975. The van der Waals surface area contributed by atoms with Gasteiger partial charge in [0.2, 0.25) is 0 Å². The maximum absolute atomic E-state index is 12.1. The maximum atomic E-state index is 12.1.